The molecule has 2 aliphatic rings. The third kappa shape index (κ3) is 11.4. The molecule has 5 rings (SSSR count). The second-order valence-corrected chi connectivity index (χ2v) is 13.3. The summed E-state index contributed by atoms with van der Waals surface area (Å²) in [6.45, 7) is 4.81. The van der Waals surface area contributed by atoms with E-state index in [0.717, 1.165) is 54.6 Å². The molecule has 0 aliphatic heterocycles. The molecule has 0 amide bonds. The van der Waals surface area contributed by atoms with Crippen LogP contribution in [0.3, 0.4) is 0 Å². The van der Waals surface area contributed by atoms with E-state index in [-0.39, 0.29) is 0 Å². The van der Waals surface area contributed by atoms with Crippen LogP contribution in [-0.2, 0) is 9.53 Å². The number of allylic oxidation sites excluding steroid dienone is 4. The standard InChI is InChI=1S/C43H52O6/c1-3-4-28-47-42(44)32(2)48-40-24-26-41(27-25-40)49-43(45)36-18-16-34(17-19-36)35-20-22-39(23-21-35)46-29-12-10-8-6-5-7-9-11-13-37-30-33-14-15-38(37)31-33/h14-27,30,32-33,38H,3-13,28-29,31H2,1-2H3/t32-,33?,38?/m1/s1. The van der Waals surface area contributed by atoms with Crippen molar-refractivity contribution >= 4 is 11.9 Å². The molecule has 0 saturated heterocycles. The predicted molar refractivity (Wildman–Crippen MR) is 195 cm³/mol. The maximum Gasteiger partial charge on any atom is 0.347 e. The third-order valence-electron chi connectivity index (χ3n) is 9.38. The average Bonchev–Trinajstić information content (AvgIpc) is 3.76. The molecular formula is C43H52O6. The summed E-state index contributed by atoms with van der Waals surface area (Å²) in [6, 6.07) is 22.1. The Hall–Kier alpha value is -4.32. The van der Waals surface area contributed by atoms with Gasteiger partial charge in [0.25, 0.3) is 0 Å². The van der Waals surface area contributed by atoms with Crippen LogP contribution in [-0.4, -0.2) is 31.3 Å². The fraction of sp³-hybridized carbons (Fsp3) is 0.442. The van der Waals surface area contributed by atoms with Crippen LogP contribution >= 0.6 is 0 Å². The zero-order valence-electron chi connectivity index (χ0n) is 29.2. The van der Waals surface area contributed by atoms with E-state index in [2.05, 4.69) is 18.2 Å². The second-order valence-electron chi connectivity index (χ2n) is 13.3. The van der Waals surface area contributed by atoms with Gasteiger partial charge in [-0.1, -0.05) is 99.9 Å². The minimum atomic E-state index is -0.727. The fourth-order valence-electron chi connectivity index (χ4n) is 6.46. The van der Waals surface area contributed by atoms with Crippen molar-refractivity contribution in [3.63, 3.8) is 0 Å². The third-order valence-corrected chi connectivity index (χ3v) is 9.38. The van der Waals surface area contributed by atoms with Gasteiger partial charge >= 0.3 is 11.9 Å². The van der Waals surface area contributed by atoms with Gasteiger partial charge in [-0.05, 0) is 111 Å². The van der Waals surface area contributed by atoms with Gasteiger partial charge in [-0.3, -0.25) is 0 Å². The summed E-state index contributed by atoms with van der Waals surface area (Å²) in [5.41, 5.74) is 4.22. The monoisotopic (exact) mass is 664 g/mol. The van der Waals surface area contributed by atoms with Crippen LogP contribution in [0.15, 0.2) is 96.6 Å². The van der Waals surface area contributed by atoms with Gasteiger partial charge in [0, 0.05) is 0 Å². The number of hydrogen-bond acceptors (Lipinski definition) is 6. The van der Waals surface area contributed by atoms with E-state index in [1.54, 1.807) is 48.9 Å². The Kier molecular flexibility index (Phi) is 14.0. The van der Waals surface area contributed by atoms with Gasteiger partial charge in [0.15, 0.2) is 6.10 Å². The molecule has 2 aliphatic carbocycles. The molecule has 6 nitrogen and oxygen atoms in total. The molecule has 3 aromatic rings. The van der Waals surface area contributed by atoms with Gasteiger partial charge in [-0.15, -0.1) is 0 Å². The Morgan fingerprint density at radius 1 is 0.694 bits per heavy atom. The van der Waals surface area contributed by atoms with Crippen molar-refractivity contribution in [2.24, 2.45) is 11.8 Å². The number of fused-ring (bicyclic) bond motifs is 2. The molecular weight excluding hydrogens is 612 g/mol. The van der Waals surface area contributed by atoms with E-state index < -0.39 is 18.0 Å². The molecule has 3 aromatic carbocycles. The number of rotatable bonds is 21. The molecule has 2 unspecified atom stereocenters. The van der Waals surface area contributed by atoms with Crippen LogP contribution < -0.4 is 14.2 Å². The smallest absolute Gasteiger partial charge is 0.347 e. The zero-order chi connectivity index (χ0) is 34.3. The molecule has 0 N–H and O–H groups in total. The van der Waals surface area contributed by atoms with Crippen LogP contribution in [0.1, 0.15) is 101 Å². The van der Waals surface area contributed by atoms with Gasteiger partial charge < -0.3 is 18.9 Å². The molecule has 0 saturated carbocycles. The topological polar surface area (TPSA) is 71.1 Å². The van der Waals surface area contributed by atoms with E-state index >= 15 is 0 Å². The first-order valence-electron chi connectivity index (χ1n) is 18.4. The summed E-state index contributed by atoms with van der Waals surface area (Å²) >= 11 is 0. The lowest BCUT2D eigenvalue weighted by atomic mass is 9.96. The Balaban J connectivity index is 0.933. The Morgan fingerprint density at radius 2 is 1.31 bits per heavy atom. The summed E-state index contributed by atoms with van der Waals surface area (Å²) in [5.74, 6) is 2.42. The zero-order valence-corrected chi connectivity index (χ0v) is 29.2. The highest BCUT2D eigenvalue weighted by molar-refractivity contribution is 5.91. The number of hydrogen-bond donors (Lipinski definition) is 0. The molecule has 2 bridgehead atoms. The second kappa shape index (κ2) is 19.0. The molecule has 49 heavy (non-hydrogen) atoms. The minimum absolute atomic E-state index is 0.387. The van der Waals surface area contributed by atoms with Crippen molar-refractivity contribution in [2.45, 2.75) is 97.0 Å². The highest BCUT2D eigenvalue weighted by Gasteiger charge is 2.27. The molecule has 0 fully saturated rings. The van der Waals surface area contributed by atoms with E-state index in [1.807, 2.05) is 43.3 Å². The summed E-state index contributed by atoms with van der Waals surface area (Å²) < 4.78 is 22.4. The normalized spacial score (nSPS) is 16.7. The van der Waals surface area contributed by atoms with Crippen LogP contribution in [0.4, 0.5) is 0 Å². The highest BCUT2D eigenvalue weighted by atomic mass is 16.6. The Labute approximate surface area is 292 Å². The maximum atomic E-state index is 12.7. The first kappa shape index (κ1) is 36.0. The molecule has 0 aromatic heterocycles. The molecule has 3 atom stereocenters. The van der Waals surface area contributed by atoms with E-state index in [4.69, 9.17) is 18.9 Å². The molecule has 0 heterocycles. The summed E-state index contributed by atoms with van der Waals surface area (Å²) in [6.07, 6.45) is 21.3. The lowest BCUT2D eigenvalue weighted by molar-refractivity contribution is -0.151. The number of esters is 2. The van der Waals surface area contributed by atoms with Crippen molar-refractivity contribution in [3.05, 3.63) is 102 Å². The van der Waals surface area contributed by atoms with Crippen LogP contribution in [0.2, 0.25) is 0 Å². The number of benzene rings is 3. The van der Waals surface area contributed by atoms with Crippen molar-refractivity contribution < 1.29 is 28.5 Å². The largest absolute Gasteiger partial charge is 0.494 e. The van der Waals surface area contributed by atoms with Crippen molar-refractivity contribution in [2.75, 3.05) is 13.2 Å². The first-order chi connectivity index (χ1) is 24.0. The molecule has 0 radical (unpaired) electrons. The fourth-order valence-corrected chi connectivity index (χ4v) is 6.46. The van der Waals surface area contributed by atoms with Crippen molar-refractivity contribution in [1.29, 1.82) is 0 Å². The average molecular weight is 665 g/mol. The predicted octanol–water partition coefficient (Wildman–Crippen LogP) is 10.7. The minimum Gasteiger partial charge on any atom is -0.494 e. The summed E-state index contributed by atoms with van der Waals surface area (Å²) in [4.78, 5) is 24.8. The quantitative estimate of drug-likeness (QED) is 0.0488. The lowest BCUT2D eigenvalue weighted by Gasteiger charge is -2.14. The highest BCUT2D eigenvalue weighted by Crippen LogP contribution is 2.40. The number of carbonyl (C=O) groups excluding carboxylic acids is 2. The van der Waals surface area contributed by atoms with Crippen molar-refractivity contribution in [3.8, 4) is 28.4 Å². The van der Waals surface area contributed by atoms with Crippen LogP contribution in [0, 0.1) is 11.8 Å². The van der Waals surface area contributed by atoms with E-state index in [9.17, 15) is 9.59 Å². The Bertz CT molecular complexity index is 1520. The molecule has 0 spiro atoms. The first-order valence-corrected chi connectivity index (χ1v) is 18.4. The SMILES string of the molecule is CCCCOC(=O)[C@@H](C)Oc1ccc(OC(=O)c2ccc(-c3ccc(OCCCCCCCCCCC4=CC5C=CC4C5)cc3)cc2)cc1. The lowest BCUT2D eigenvalue weighted by Crippen LogP contribution is -2.26. The van der Waals surface area contributed by atoms with Crippen LogP contribution in [0.5, 0.6) is 17.2 Å². The van der Waals surface area contributed by atoms with Crippen molar-refractivity contribution in [1.82, 2.24) is 0 Å². The Morgan fingerprint density at radius 3 is 1.94 bits per heavy atom. The summed E-state index contributed by atoms with van der Waals surface area (Å²) in [7, 11) is 0. The molecule has 260 valence electrons. The maximum absolute atomic E-state index is 12.7. The van der Waals surface area contributed by atoms with Gasteiger partial charge in [-0.2, -0.15) is 0 Å². The van der Waals surface area contributed by atoms with Gasteiger partial charge in [0.05, 0.1) is 18.8 Å². The number of ether oxygens (including phenoxy) is 4. The van der Waals surface area contributed by atoms with Gasteiger partial charge in [0.1, 0.15) is 17.2 Å². The number of carbonyl (C=O) groups is 2. The molecule has 6 heteroatoms. The van der Waals surface area contributed by atoms with E-state index in [0.29, 0.717) is 23.7 Å². The van der Waals surface area contributed by atoms with Gasteiger partial charge in [0.2, 0.25) is 0 Å². The van der Waals surface area contributed by atoms with Crippen LogP contribution in [0.25, 0.3) is 11.1 Å². The van der Waals surface area contributed by atoms with E-state index in [1.165, 1.54) is 57.8 Å². The van der Waals surface area contributed by atoms with Gasteiger partial charge in [-0.25, -0.2) is 9.59 Å². The summed E-state index contributed by atoms with van der Waals surface area (Å²) in [5, 5.41) is 0. The number of unbranched alkanes of at least 4 members (excludes halogenated alkanes) is 8.